The number of aromatic amines is 1. The van der Waals surface area contributed by atoms with E-state index in [4.69, 9.17) is 14.2 Å². The van der Waals surface area contributed by atoms with Crippen LogP contribution >= 0.6 is 0 Å². The number of H-pyrrole nitrogens is 1. The summed E-state index contributed by atoms with van der Waals surface area (Å²) < 4.78 is 17.6. The number of nitrogens with one attached hydrogen (secondary N) is 1. The summed E-state index contributed by atoms with van der Waals surface area (Å²) in [6.45, 7) is 2.08. The van der Waals surface area contributed by atoms with Crippen LogP contribution in [0.3, 0.4) is 0 Å². The van der Waals surface area contributed by atoms with Gasteiger partial charge in [0.05, 0.1) is 18.7 Å². The number of carbonyl (C=O) groups is 1. The van der Waals surface area contributed by atoms with Gasteiger partial charge >= 0.3 is 11.7 Å². The molecule has 8 heteroatoms. The molecule has 0 bridgehead atoms. The first-order valence-electron chi connectivity index (χ1n) is 7.82. The van der Waals surface area contributed by atoms with Crippen LogP contribution < -0.4 is 11.2 Å². The monoisotopic (exact) mass is 346 g/mol. The fraction of sp³-hybridized carbons (Fsp3) is 0.353. The summed E-state index contributed by atoms with van der Waals surface area (Å²) in [7, 11) is 0. The molecule has 1 fully saturated rings. The smallest absolute Gasteiger partial charge is 0.338 e. The zero-order valence-electron chi connectivity index (χ0n) is 13.6. The predicted octanol–water partition coefficient (Wildman–Crippen LogP) is 0.444. The number of benzene rings is 1. The molecule has 25 heavy (non-hydrogen) atoms. The van der Waals surface area contributed by atoms with Crippen molar-refractivity contribution in [3.05, 3.63) is 68.5 Å². The molecular weight excluding hydrogens is 328 g/mol. The Morgan fingerprint density at radius 3 is 2.84 bits per heavy atom. The topological polar surface area (TPSA) is 99.6 Å². The lowest BCUT2D eigenvalue weighted by Crippen LogP contribution is -2.34. The molecule has 0 spiro atoms. The van der Waals surface area contributed by atoms with Gasteiger partial charge in [0.2, 0.25) is 0 Å². The van der Waals surface area contributed by atoms with Crippen LogP contribution in [-0.4, -0.2) is 41.1 Å². The number of hydrogen-bond donors (Lipinski definition) is 1. The highest BCUT2D eigenvalue weighted by molar-refractivity contribution is 5.89. The normalized spacial score (nSPS) is 19.7. The zero-order valence-corrected chi connectivity index (χ0v) is 13.6. The lowest BCUT2D eigenvalue weighted by molar-refractivity contribution is -0.0941. The number of ether oxygens (including phenoxy) is 3. The van der Waals surface area contributed by atoms with E-state index in [2.05, 4.69) is 4.98 Å². The van der Waals surface area contributed by atoms with Crippen LogP contribution in [0.15, 0.2) is 46.1 Å². The molecule has 0 radical (unpaired) electrons. The van der Waals surface area contributed by atoms with E-state index in [0.29, 0.717) is 11.1 Å². The molecule has 1 saturated heterocycles. The summed E-state index contributed by atoms with van der Waals surface area (Å²) in [5.41, 5.74) is -0.0205. The molecule has 2 aromatic rings. The first-order valence-corrected chi connectivity index (χ1v) is 7.82. The first kappa shape index (κ1) is 17.1. The average Bonchev–Trinajstić information content (AvgIpc) is 3.06. The Balaban J connectivity index is 1.52. The van der Waals surface area contributed by atoms with Crippen molar-refractivity contribution in [2.45, 2.75) is 25.9 Å². The largest absolute Gasteiger partial charge is 0.457 e. The van der Waals surface area contributed by atoms with Gasteiger partial charge in [0.15, 0.2) is 6.29 Å². The summed E-state index contributed by atoms with van der Waals surface area (Å²) in [4.78, 5) is 37.3. The summed E-state index contributed by atoms with van der Waals surface area (Å²) >= 11 is 0. The second-order valence-corrected chi connectivity index (χ2v) is 5.71. The van der Waals surface area contributed by atoms with Crippen molar-refractivity contribution in [3.8, 4) is 0 Å². The summed E-state index contributed by atoms with van der Waals surface area (Å²) in [6, 6.07) is 8.63. The van der Waals surface area contributed by atoms with E-state index in [1.165, 1.54) is 10.8 Å². The molecule has 8 nitrogen and oxygen atoms in total. The van der Waals surface area contributed by atoms with Crippen molar-refractivity contribution in [1.29, 1.82) is 0 Å². The van der Waals surface area contributed by atoms with Gasteiger partial charge in [0.25, 0.3) is 5.56 Å². The molecule has 2 atom stereocenters. The van der Waals surface area contributed by atoms with Crippen LogP contribution in [0.4, 0.5) is 0 Å². The molecule has 0 amide bonds. The molecule has 0 aliphatic carbocycles. The van der Waals surface area contributed by atoms with E-state index in [0.717, 1.165) is 0 Å². The molecule has 132 valence electrons. The predicted molar refractivity (Wildman–Crippen MR) is 87.4 cm³/mol. The molecule has 0 unspecified atom stereocenters. The molecule has 1 aromatic carbocycles. The number of hydrogen-bond acceptors (Lipinski definition) is 6. The Hall–Kier alpha value is -2.71. The van der Waals surface area contributed by atoms with E-state index in [9.17, 15) is 14.4 Å². The SMILES string of the molecule is Cc1cn(C[C@@H]2CO[C@@H](COC(=O)c3ccccc3)O2)c(=O)[nH]c1=O. The van der Waals surface area contributed by atoms with Crippen LogP contribution in [0.1, 0.15) is 15.9 Å². The molecule has 3 rings (SSSR count). The second-order valence-electron chi connectivity index (χ2n) is 5.71. The molecule has 1 aliphatic rings. The van der Waals surface area contributed by atoms with Gasteiger partial charge in [-0.1, -0.05) is 18.2 Å². The average molecular weight is 346 g/mol. The summed E-state index contributed by atoms with van der Waals surface area (Å²) in [6.07, 6.45) is 0.424. The zero-order chi connectivity index (χ0) is 17.8. The molecule has 1 N–H and O–H groups in total. The Labute approximate surface area is 143 Å². The minimum atomic E-state index is -0.683. The third-order valence-electron chi connectivity index (χ3n) is 3.76. The van der Waals surface area contributed by atoms with E-state index >= 15 is 0 Å². The maximum absolute atomic E-state index is 11.9. The Morgan fingerprint density at radius 1 is 1.32 bits per heavy atom. The van der Waals surface area contributed by atoms with Crippen molar-refractivity contribution < 1.29 is 19.0 Å². The Morgan fingerprint density at radius 2 is 2.08 bits per heavy atom. The van der Waals surface area contributed by atoms with E-state index in [1.54, 1.807) is 31.2 Å². The van der Waals surface area contributed by atoms with Crippen LogP contribution in [0.2, 0.25) is 0 Å². The first-order chi connectivity index (χ1) is 12.0. The molecule has 2 heterocycles. The van der Waals surface area contributed by atoms with Gasteiger partial charge in [-0.3, -0.25) is 14.3 Å². The van der Waals surface area contributed by atoms with Crippen LogP contribution in [0.5, 0.6) is 0 Å². The van der Waals surface area contributed by atoms with Gasteiger partial charge < -0.3 is 14.2 Å². The lowest BCUT2D eigenvalue weighted by atomic mass is 10.2. The molecule has 0 saturated carbocycles. The number of carbonyl (C=O) groups excluding carboxylic acids is 1. The number of aromatic nitrogens is 2. The maximum atomic E-state index is 11.9. The van der Waals surface area contributed by atoms with Crippen molar-refractivity contribution in [2.75, 3.05) is 13.2 Å². The van der Waals surface area contributed by atoms with Gasteiger partial charge in [-0.15, -0.1) is 0 Å². The highest BCUT2D eigenvalue weighted by Gasteiger charge is 2.28. The van der Waals surface area contributed by atoms with Crippen molar-refractivity contribution in [1.82, 2.24) is 9.55 Å². The Bertz CT molecular complexity index is 857. The van der Waals surface area contributed by atoms with Gasteiger partial charge in [0, 0.05) is 11.8 Å². The van der Waals surface area contributed by atoms with Crippen molar-refractivity contribution in [3.63, 3.8) is 0 Å². The highest BCUT2D eigenvalue weighted by atomic mass is 16.7. The van der Waals surface area contributed by atoms with Gasteiger partial charge in [0.1, 0.15) is 12.7 Å². The van der Waals surface area contributed by atoms with Crippen molar-refractivity contribution >= 4 is 5.97 Å². The highest BCUT2D eigenvalue weighted by Crippen LogP contribution is 2.14. The van der Waals surface area contributed by atoms with Crippen molar-refractivity contribution in [2.24, 2.45) is 0 Å². The standard InChI is InChI=1S/C17H18N2O6/c1-11-7-19(17(22)18-15(11)20)8-13-9-23-14(25-13)10-24-16(21)12-5-3-2-4-6-12/h2-7,13-14H,8-10H2,1H3,(H,18,20,22)/t13-,14-/m1/s1. The molecule has 1 aliphatic heterocycles. The fourth-order valence-corrected chi connectivity index (χ4v) is 2.47. The minimum Gasteiger partial charge on any atom is -0.457 e. The third-order valence-corrected chi connectivity index (χ3v) is 3.76. The van der Waals surface area contributed by atoms with E-state index in [-0.39, 0.29) is 25.9 Å². The third kappa shape index (κ3) is 4.23. The number of nitrogens with zero attached hydrogens (tertiary/aromatic N) is 1. The van der Waals surface area contributed by atoms with E-state index < -0.39 is 23.5 Å². The van der Waals surface area contributed by atoms with Gasteiger partial charge in [-0.05, 0) is 19.1 Å². The second kappa shape index (κ2) is 7.45. The van der Waals surface area contributed by atoms with Gasteiger partial charge in [-0.25, -0.2) is 9.59 Å². The maximum Gasteiger partial charge on any atom is 0.338 e. The fourth-order valence-electron chi connectivity index (χ4n) is 2.47. The number of aryl methyl sites for hydroxylation is 1. The van der Waals surface area contributed by atoms with Crippen LogP contribution in [0.25, 0.3) is 0 Å². The van der Waals surface area contributed by atoms with Crippen LogP contribution in [0, 0.1) is 6.92 Å². The van der Waals surface area contributed by atoms with Gasteiger partial charge in [-0.2, -0.15) is 0 Å². The minimum absolute atomic E-state index is 0.0379. The summed E-state index contributed by atoms with van der Waals surface area (Å²) in [5, 5.41) is 0. The number of esters is 1. The Kier molecular flexibility index (Phi) is 5.11. The number of rotatable bonds is 5. The molecule has 1 aromatic heterocycles. The lowest BCUT2D eigenvalue weighted by Gasteiger charge is -2.13. The quantitative estimate of drug-likeness (QED) is 0.789. The van der Waals surface area contributed by atoms with Crippen LogP contribution in [-0.2, 0) is 20.8 Å². The van der Waals surface area contributed by atoms with E-state index in [1.807, 2.05) is 6.07 Å². The summed E-state index contributed by atoms with van der Waals surface area (Å²) in [5.74, 6) is -0.455. The molecular formula is C17H18N2O6.